The van der Waals surface area contributed by atoms with Crippen LogP contribution >= 0.6 is 0 Å². The summed E-state index contributed by atoms with van der Waals surface area (Å²) < 4.78 is 0. The number of benzene rings is 2. The van der Waals surface area contributed by atoms with Crippen LogP contribution in [0.3, 0.4) is 0 Å². The first-order chi connectivity index (χ1) is 20.4. The number of hydrogen-bond acceptors (Lipinski definition) is 5. The summed E-state index contributed by atoms with van der Waals surface area (Å²) in [5.41, 5.74) is 9.72. The fourth-order valence-corrected chi connectivity index (χ4v) is 7.35. The molecule has 42 heavy (non-hydrogen) atoms. The molecule has 2 fully saturated rings. The molecule has 2 amide bonds. The maximum Gasteiger partial charge on any atom is 0.252 e. The lowest BCUT2D eigenvalue weighted by Crippen LogP contribution is -2.51. The zero-order valence-corrected chi connectivity index (χ0v) is 25.5. The van der Waals surface area contributed by atoms with Gasteiger partial charge in [0, 0.05) is 35.1 Å². The van der Waals surface area contributed by atoms with Crippen LogP contribution in [0.1, 0.15) is 87.7 Å². The smallest absolute Gasteiger partial charge is 0.252 e. The number of carbonyl (C=O) groups is 2. The topological polar surface area (TPSA) is 91.6 Å². The maximum atomic E-state index is 14.5. The molecule has 0 spiro atoms. The number of piperidine rings is 1. The number of rotatable bonds is 10. The SMILES string of the molecule is CCN(CC)C1CCCN(C(C(N)=O)c2c(-c3ccccc3)nc3ccccc3c2C(=O)N[C@@H](C)C2CCCCC2)C1. The van der Waals surface area contributed by atoms with Gasteiger partial charge in [-0.1, -0.05) is 81.6 Å². The van der Waals surface area contributed by atoms with Crippen molar-refractivity contribution in [2.75, 3.05) is 26.2 Å². The van der Waals surface area contributed by atoms with Crippen LogP contribution in [0.5, 0.6) is 0 Å². The van der Waals surface area contributed by atoms with Crippen LogP contribution in [-0.2, 0) is 4.79 Å². The van der Waals surface area contributed by atoms with Crippen molar-refractivity contribution in [2.24, 2.45) is 11.7 Å². The molecule has 7 nitrogen and oxygen atoms in total. The first-order valence-electron chi connectivity index (χ1n) is 16.0. The van der Waals surface area contributed by atoms with E-state index in [2.05, 4.69) is 35.9 Å². The van der Waals surface area contributed by atoms with Crippen LogP contribution in [0.2, 0.25) is 0 Å². The van der Waals surface area contributed by atoms with Crippen LogP contribution in [0.4, 0.5) is 0 Å². The fraction of sp³-hybridized carbons (Fsp3) is 0.514. The molecule has 7 heteroatoms. The quantitative estimate of drug-likeness (QED) is 0.316. The number of fused-ring (bicyclic) bond motifs is 1. The van der Waals surface area contributed by atoms with E-state index in [4.69, 9.17) is 10.7 Å². The second-order valence-electron chi connectivity index (χ2n) is 12.1. The molecule has 2 aliphatic rings. The third-order valence-electron chi connectivity index (χ3n) is 9.58. The molecule has 2 aromatic carbocycles. The molecule has 2 heterocycles. The zero-order valence-electron chi connectivity index (χ0n) is 25.5. The predicted molar refractivity (Wildman–Crippen MR) is 170 cm³/mol. The van der Waals surface area contributed by atoms with Crippen molar-refractivity contribution in [3.63, 3.8) is 0 Å². The summed E-state index contributed by atoms with van der Waals surface area (Å²) in [6, 6.07) is 17.3. The zero-order chi connectivity index (χ0) is 29.6. The number of nitrogens with zero attached hydrogens (tertiary/aromatic N) is 3. The van der Waals surface area contributed by atoms with Crippen LogP contribution < -0.4 is 11.1 Å². The molecule has 0 bridgehead atoms. The van der Waals surface area contributed by atoms with Gasteiger partial charge in [0.2, 0.25) is 5.91 Å². The van der Waals surface area contributed by atoms with E-state index < -0.39 is 11.9 Å². The second-order valence-corrected chi connectivity index (χ2v) is 12.1. The second kappa shape index (κ2) is 13.8. The molecule has 3 aromatic rings. The van der Waals surface area contributed by atoms with E-state index in [1.165, 1.54) is 19.3 Å². The lowest BCUT2D eigenvalue weighted by atomic mass is 9.84. The predicted octanol–water partition coefficient (Wildman–Crippen LogP) is 5.93. The van der Waals surface area contributed by atoms with Gasteiger partial charge in [-0.25, -0.2) is 4.98 Å². The Bertz CT molecular complexity index is 1370. The van der Waals surface area contributed by atoms with Gasteiger partial charge in [0.15, 0.2) is 0 Å². The molecule has 3 N–H and O–H groups in total. The molecule has 1 aliphatic carbocycles. The summed E-state index contributed by atoms with van der Waals surface area (Å²) >= 11 is 0. The highest BCUT2D eigenvalue weighted by molar-refractivity contribution is 6.10. The van der Waals surface area contributed by atoms with Gasteiger partial charge < -0.3 is 11.1 Å². The summed E-state index contributed by atoms with van der Waals surface area (Å²) in [4.78, 5) is 37.8. The molecule has 5 rings (SSSR count). The molecule has 0 radical (unpaired) electrons. The average Bonchev–Trinajstić information content (AvgIpc) is 3.02. The normalized spacial score (nSPS) is 20.0. The highest BCUT2D eigenvalue weighted by Gasteiger charge is 2.38. The summed E-state index contributed by atoms with van der Waals surface area (Å²) in [6.07, 6.45) is 7.99. The van der Waals surface area contributed by atoms with Gasteiger partial charge in [0.05, 0.1) is 16.8 Å². The lowest BCUT2D eigenvalue weighted by Gasteiger charge is -2.42. The summed E-state index contributed by atoms with van der Waals surface area (Å²) in [7, 11) is 0. The number of nitrogens with two attached hydrogens (primary N) is 1. The Hall–Kier alpha value is -3.29. The number of likely N-dealkylation sites (tertiary alicyclic amines) is 1. The van der Waals surface area contributed by atoms with E-state index in [-0.39, 0.29) is 11.9 Å². The summed E-state index contributed by atoms with van der Waals surface area (Å²) in [5.74, 6) is -0.141. The van der Waals surface area contributed by atoms with Gasteiger partial charge in [-0.05, 0) is 64.2 Å². The minimum absolute atomic E-state index is 0.0341. The molecule has 1 saturated carbocycles. The standard InChI is InChI=1S/C35H47N5O2/c1-4-39(5-2)27-19-14-22-40(23-27)33(34(36)41)31-30(35(42)37-24(3)25-15-8-6-9-16-25)28-20-12-13-21-29(28)38-32(31)26-17-10-7-11-18-26/h7,10-13,17-18,20-21,24-25,27,33H,4-6,8-9,14-16,19,22-23H2,1-3H3,(H2,36,41)(H,37,42)/t24-,27?,33?/m0/s1. The molecule has 2 unspecified atom stereocenters. The van der Waals surface area contributed by atoms with Crippen LogP contribution in [0.25, 0.3) is 22.2 Å². The van der Waals surface area contributed by atoms with E-state index in [0.29, 0.717) is 28.8 Å². The molecule has 1 aliphatic heterocycles. The Morgan fingerprint density at radius 3 is 2.36 bits per heavy atom. The van der Waals surface area contributed by atoms with Gasteiger partial charge >= 0.3 is 0 Å². The number of primary amides is 1. The average molecular weight is 570 g/mol. The summed E-state index contributed by atoms with van der Waals surface area (Å²) in [6.45, 7) is 9.86. The van der Waals surface area contributed by atoms with Crippen molar-refractivity contribution in [1.82, 2.24) is 20.1 Å². The van der Waals surface area contributed by atoms with E-state index in [1.54, 1.807) is 0 Å². The summed E-state index contributed by atoms with van der Waals surface area (Å²) in [5, 5.41) is 4.13. The Morgan fingerprint density at radius 2 is 1.67 bits per heavy atom. The molecule has 1 saturated heterocycles. The van der Waals surface area contributed by atoms with Crippen molar-refractivity contribution in [2.45, 2.75) is 83.8 Å². The van der Waals surface area contributed by atoms with Gasteiger partial charge in [-0.15, -0.1) is 0 Å². The minimum atomic E-state index is -0.776. The highest BCUT2D eigenvalue weighted by Crippen LogP contribution is 2.38. The van der Waals surface area contributed by atoms with Gasteiger partial charge in [-0.3, -0.25) is 19.4 Å². The van der Waals surface area contributed by atoms with Crippen molar-refractivity contribution in [3.8, 4) is 11.3 Å². The van der Waals surface area contributed by atoms with E-state index >= 15 is 0 Å². The number of carbonyl (C=O) groups excluding carboxylic acids is 2. The number of nitrogens with one attached hydrogen (secondary N) is 1. The Labute approximate surface area is 250 Å². The van der Waals surface area contributed by atoms with E-state index in [0.717, 1.165) is 68.3 Å². The number of para-hydroxylation sites is 1. The van der Waals surface area contributed by atoms with Crippen molar-refractivity contribution >= 4 is 22.7 Å². The van der Waals surface area contributed by atoms with Gasteiger partial charge in [0.25, 0.3) is 5.91 Å². The maximum absolute atomic E-state index is 14.5. The van der Waals surface area contributed by atoms with Crippen LogP contribution in [0, 0.1) is 5.92 Å². The van der Waals surface area contributed by atoms with Crippen molar-refractivity contribution in [1.29, 1.82) is 0 Å². The van der Waals surface area contributed by atoms with Crippen molar-refractivity contribution in [3.05, 3.63) is 65.7 Å². The largest absolute Gasteiger partial charge is 0.368 e. The first-order valence-corrected chi connectivity index (χ1v) is 16.0. The van der Waals surface area contributed by atoms with Crippen LogP contribution in [-0.4, -0.2) is 64.9 Å². The molecule has 224 valence electrons. The Kier molecular flexibility index (Phi) is 9.91. The molecule has 3 atom stereocenters. The number of hydrogen-bond donors (Lipinski definition) is 2. The van der Waals surface area contributed by atoms with Crippen LogP contribution in [0.15, 0.2) is 54.6 Å². The number of pyridine rings is 1. The third kappa shape index (κ3) is 6.37. The van der Waals surface area contributed by atoms with E-state index in [1.807, 2.05) is 54.6 Å². The highest BCUT2D eigenvalue weighted by atomic mass is 16.2. The third-order valence-corrected chi connectivity index (χ3v) is 9.58. The van der Waals surface area contributed by atoms with Crippen molar-refractivity contribution < 1.29 is 9.59 Å². The van der Waals surface area contributed by atoms with Gasteiger partial charge in [-0.2, -0.15) is 0 Å². The van der Waals surface area contributed by atoms with Gasteiger partial charge in [0.1, 0.15) is 6.04 Å². The Morgan fingerprint density at radius 1 is 0.976 bits per heavy atom. The lowest BCUT2D eigenvalue weighted by molar-refractivity contribution is -0.124. The number of likely N-dealkylation sites (N-methyl/N-ethyl adjacent to an activating group) is 1. The number of amides is 2. The fourth-order valence-electron chi connectivity index (χ4n) is 7.35. The first kappa shape index (κ1) is 30.2. The minimum Gasteiger partial charge on any atom is -0.368 e. The van der Waals surface area contributed by atoms with E-state index in [9.17, 15) is 9.59 Å². The molecule has 1 aromatic heterocycles. The number of aromatic nitrogens is 1. The monoisotopic (exact) mass is 569 g/mol. The Balaban J connectivity index is 1.68. The molecular weight excluding hydrogens is 522 g/mol. The molecular formula is C35H47N5O2.